The molecule has 0 aliphatic carbocycles. The number of piperidine rings is 1. The molecule has 0 bridgehead atoms. The van der Waals surface area contributed by atoms with E-state index in [1.807, 2.05) is 20.8 Å². The third kappa shape index (κ3) is 4.33. The van der Waals surface area contributed by atoms with Gasteiger partial charge in [-0.2, -0.15) is 0 Å². The first-order valence-electron chi connectivity index (χ1n) is 7.52. The Morgan fingerprint density at radius 3 is 2.45 bits per heavy atom. The molecule has 20 heavy (non-hydrogen) atoms. The van der Waals surface area contributed by atoms with Crippen LogP contribution in [-0.4, -0.2) is 65.0 Å². The highest BCUT2D eigenvalue weighted by atomic mass is 16.6. The first-order valence-corrected chi connectivity index (χ1v) is 7.52. The zero-order chi connectivity index (χ0) is 14.8. The van der Waals surface area contributed by atoms with Gasteiger partial charge in [-0.3, -0.25) is 0 Å². The number of hydrogen-bond donors (Lipinski definition) is 2. The molecule has 0 radical (unpaired) electrons. The first kappa shape index (κ1) is 15.5. The van der Waals surface area contributed by atoms with Gasteiger partial charge in [0.05, 0.1) is 18.7 Å². The number of aliphatic hydroxyl groups is 1. The fraction of sp³-hybridized carbons (Fsp3) is 0.929. The van der Waals surface area contributed by atoms with Crippen molar-refractivity contribution in [3.63, 3.8) is 0 Å². The van der Waals surface area contributed by atoms with Crippen LogP contribution in [0.25, 0.3) is 0 Å². The summed E-state index contributed by atoms with van der Waals surface area (Å²) in [5, 5.41) is 12.3. The molecule has 0 aromatic carbocycles. The number of carbonyl (C=O) groups excluding carboxylic acids is 1. The van der Waals surface area contributed by atoms with Crippen molar-refractivity contribution >= 4 is 6.09 Å². The Labute approximate surface area is 121 Å². The number of nitrogens with zero attached hydrogens (tertiary/aromatic N) is 2. The van der Waals surface area contributed by atoms with Gasteiger partial charge in [0.15, 0.2) is 0 Å². The lowest BCUT2D eigenvalue weighted by Gasteiger charge is -2.31. The van der Waals surface area contributed by atoms with Gasteiger partial charge in [0, 0.05) is 19.6 Å². The smallest absolute Gasteiger partial charge is 0.410 e. The molecule has 2 aliphatic rings. The van der Waals surface area contributed by atoms with Gasteiger partial charge in [0.1, 0.15) is 5.60 Å². The van der Waals surface area contributed by atoms with Gasteiger partial charge in [-0.15, -0.1) is 0 Å². The van der Waals surface area contributed by atoms with Gasteiger partial charge in [0.2, 0.25) is 0 Å². The summed E-state index contributed by atoms with van der Waals surface area (Å²) in [6.45, 7) is 8.39. The van der Waals surface area contributed by atoms with Crippen molar-refractivity contribution in [2.75, 3.05) is 26.2 Å². The molecule has 0 aromatic rings. The van der Waals surface area contributed by atoms with Crippen LogP contribution in [0.1, 0.15) is 40.0 Å². The van der Waals surface area contributed by atoms with E-state index >= 15 is 0 Å². The lowest BCUT2D eigenvalue weighted by Crippen LogP contribution is -2.51. The molecule has 116 valence electrons. The van der Waals surface area contributed by atoms with Crippen LogP contribution in [0.4, 0.5) is 4.79 Å². The van der Waals surface area contributed by atoms with E-state index in [1.54, 1.807) is 4.90 Å². The second-order valence-corrected chi connectivity index (χ2v) is 6.74. The summed E-state index contributed by atoms with van der Waals surface area (Å²) >= 11 is 0. The van der Waals surface area contributed by atoms with E-state index < -0.39 is 11.7 Å². The largest absolute Gasteiger partial charge is 0.444 e. The summed E-state index contributed by atoms with van der Waals surface area (Å²) in [5.41, 5.74) is 2.85. The Bertz CT molecular complexity index is 337. The summed E-state index contributed by atoms with van der Waals surface area (Å²) < 4.78 is 5.34. The predicted molar refractivity (Wildman–Crippen MR) is 76.2 cm³/mol. The summed E-state index contributed by atoms with van der Waals surface area (Å²) in [4.78, 5) is 13.6. The molecule has 0 spiro atoms. The average molecular weight is 285 g/mol. The fourth-order valence-electron chi connectivity index (χ4n) is 2.65. The molecule has 6 nitrogen and oxygen atoms in total. The monoisotopic (exact) mass is 285 g/mol. The van der Waals surface area contributed by atoms with Crippen molar-refractivity contribution < 1.29 is 14.6 Å². The molecular weight excluding hydrogens is 258 g/mol. The van der Waals surface area contributed by atoms with E-state index in [0.717, 1.165) is 13.1 Å². The Morgan fingerprint density at radius 1 is 1.20 bits per heavy atom. The highest BCUT2D eigenvalue weighted by molar-refractivity contribution is 5.68. The van der Waals surface area contributed by atoms with Crippen molar-refractivity contribution in [1.29, 1.82) is 0 Å². The molecule has 0 unspecified atom stereocenters. The molecular formula is C14H27N3O3. The van der Waals surface area contributed by atoms with Gasteiger partial charge >= 0.3 is 6.09 Å². The van der Waals surface area contributed by atoms with Crippen LogP contribution in [0.5, 0.6) is 0 Å². The SMILES string of the molecule is CC(C)(C)OC(=O)N1C[C@@H](O)[C@H](NN2CCCCC2)C1. The molecule has 0 saturated carbocycles. The van der Waals surface area contributed by atoms with Crippen LogP contribution in [0.2, 0.25) is 0 Å². The van der Waals surface area contributed by atoms with E-state index in [2.05, 4.69) is 10.4 Å². The standard InChI is InChI=1S/C14H27N3O3/c1-14(2,3)20-13(19)16-9-11(12(18)10-16)15-17-7-5-4-6-8-17/h11-12,15,18H,4-10H2,1-3H3/t11-,12-/m1/s1. The minimum Gasteiger partial charge on any atom is -0.444 e. The zero-order valence-corrected chi connectivity index (χ0v) is 12.8. The highest BCUT2D eigenvalue weighted by Gasteiger charge is 2.36. The number of rotatable bonds is 2. The van der Waals surface area contributed by atoms with E-state index in [1.165, 1.54) is 19.3 Å². The number of aliphatic hydroxyl groups excluding tert-OH is 1. The topological polar surface area (TPSA) is 65.0 Å². The normalized spacial score (nSPS) is 28.7. The maximum Gasteiger partial charge on any atom is 0.410 e. The van der Waals surface area contributed by atoms with Crippen molar-refractivity contribution in [2.45, 2.75) is 57.8 Å². The molecule has 2 fully saturated rings. The Balaban J connectivity index is 1.83. The molecule has 2 rings (SSSR count). The molecule has 2 heterocycles. The first-order chi connectivity index (χ1) is 9.35. The molecule has 2 saturated heterocycles. The third-order valence-corrected chi connectivity index (χ3v) is 3.65. The molecule has 0 aromatic heterocycles. The predicted octanol–water partition coefficient (Wildman–Crippen LogP) is 0.957. The van der Waals surface area contributed by atoms with Gasteiger partial charge < -0.3 is 14.7 Å². The van der Waals surface area contributed by atoms with Crippen molar-refractivity contribution in [2.24, 2.45) is 0 Å². The van der Waals surface area contributed by atoms with Crippen LogP contribution < -0.4 is 5.43 Å². The number of hydrazine groups is 1. The zero-order valence-electron chi connectivity index (χ0n) is 12.8. The number of hydrogen-bond acceptors (Lipinski definition) is 5. The minimum atomic E-state index is -0.538. The highest BCUT2D eigenvalue weighted by Crippen LogP contribution is 2.17. The summed E-state index contributed by atoms with van der Waals surface area (Å²) in [6.07, 6.45) is 2.76. The van der Waals surface area contributed by atoms with Gasteiger partial charge in [0.25, 0.3) is 0 Å². The van der Waals surface area contributed by atoms with Crippen LogP contribution in [0.3, 0.4) is 0 Å². The quantitative estimate of drug-likeness (QED) is 0.791. The van der Waals surface area contributed by atoms with Crippen LogP contribution >= 0.6 is 0 Å². The maximum absolute atomic E-state index is 12.0. The van der Waals surface area contributed by atoms with Crippen LogP contribution in [0, 0.1) is 0 Å². The number of ether oxygens (including phenoxy) is 1. The van der Waals surface area contributed by atoms with E-state index in [9.17, 15) is 9.90 Å². The summed E-state index contributed by atoms with van der Waals surface area (Å²) in [7, 11) is 0. The Kier molecular flexibility index (Phi) is 4.88. The van der Waals surface area contributed by atoms with E-state index in [-0.39, 0.29) is 12.1 Å². The molecule has 2 atom stereocenters. The number of nitrogens with one attached hydrogen (secondary N) is 1. The van der Waals surface area contributed by atoms with E-state index in [0.29, 0.717) is 13.1 Å². The maximum atomic E-state index is 12.0. The summed E-state index contributed by atoms with van der Waals surface area (Å²) in [5.74, 6) is 0. The number of carbonyl (C=O) groups is 1. The van der Waals surface area contributed by atoms with Gasteiger partial charge in [-0.25, -0.2) is 15.2 Å². The molecule has 1 amide bonds. The average Bonchev–Trinajstić information content (AvgIpc) is 2.70. The van der Waals surface area contributed by atoms with Gasteiger partial charge in [-0.05, 0) is 33.6 Å². The summed E-state index contributed by atoms with van der Waals surface area (Å²) in [6, 6.07) is -0.0966. The number of amides is 1. The fourth-order valence-corrected chi connectivity index (χ4v) is 2.65. The molecule has 2 aliphatic heterocycles. The lowest BCUT2D eigenvalue weighted by atomic mass is 10.1. The number of likely N-dealkylation sites (tertiary alicyclic amines) is 1. The Hall–Kier alpha value is -0.850. The van der Waals surface area contributed by atoms with Crippen LogP contribution in [-0.2, 0) is 4.74 Å². The second kappa shape index (κ2) is 6.28. The van der Waals surface area contributed by atoms with Crippen molar-refractivity contribution in [3.05, 3.63) is 0 Å². The molecule has 6 heteroatoms. The Morgan fingerprint density at radius 2 is 1.85 bits per heavy atom. The number of β-amino-alcohol motifs (C(OH)–C–C–N with tert-alkyl or cyclic N) is 1. The van der Waals surface area contributed by atoms with Gasteiger partial charge in [-0.1, -0.05) is 6.42 Å². The van der Waals surface area contributed by atoms with Crippen molar-refractivity contribution in [3.8, 4) is 0 Å². The minimum absolute atomic E-state index is 0.0966. The van der Waals surface area contributed by atoms with Crippen molar-refractivity contribution in [1.82, 2.24) is 15.3 Å². The van der Waals surface area contributed by atoms with E-state index in [4.69, 9.17) is 4.74 Å². The molecule has 2 N–H and O–H groups in total. The van der Waals surface area contributed by atoms with Crippen LogP contribution in [0.15, 0.2) is 0 Å². The second-order valence-electron chi connectivity index (χ2n) is 6.74. The third-order valence-electron chi connectivity index (χ3n) is 3.65. The lowest BCUT2D eigenvalue weighted by molar-refractivity contribution is 0.0269.